The van der Waals surface area contributed by atoms with E-state index in [1.54, 1.807) is 21.3 Å². The molecule has 4 N–H and O–H groups in total. The van der Waals surface area contributed by atoms with Gasteiger partial charge < -0.3 is 34.8 Å². The Morgan fingerprint density at radius 3 is 2.55 bits per heavy atom. The topological polar surface area (TPSA) is 100 Å². The first kappa shape index (κ1) is 19.4. The van der Waals surface area contributed by atoms with Crippen LogP contribution in [0, 0.1) is 40.4 Å². The highest BCUT2D eigenvalue weighted by Crippen LogP contribution is 2.77. The predicted molar refractivity (Wildman–Crippen MR) is 103 cm³/mol. The smallest absolute Gasteiger partial charge is 0.0796 e. The summed E-state index contributed by atoms with van der Waals surface area (Å²) in [4.78, 5) is 0. The van der Waals surface area contributed by atoms with Gasteiger partial charge in [-0.2, -0.15) is 0 Å². The molecule has 1 aliphatic heterocycles. The number of nitrogens with one attached hydrogen (secondary N) is 1. The molecule has 0 radical (unpaired) electrons. The zero-order chi connectivity index (χ0) is 20.3. The van der Waals surface area contributed by atoms with Gasteiger partial charge in [0.1, 0.15) is 0 Å². The average molecular weight is 410 g/mol. The summed E-state index contributed by atoms with van der Waals surface area (Å²) in [6, 6.07) is -0.00876. The number of aliphatic hydroxyl groups is 3. The van der Waals surface area contributed by atoms with Crippen LogP contribution in [-0.2, 0) is 14.2 Å². The molecule has 0 aromatic heterocycles. The molecule has 164 valence electrons. The summed E-state index contributed by atoms with van der Waals surface area (Å²) in [5.41, 5.74) is -1.57. The molecule has 0 aromatic carbocycles. The number of ether oxygens (including phenoxy) is 3. The maximum absolute atomic E-state index is 12.1. The SMILES string of the molecule is COC[C@]12CC[C@H](OC)[C@]34C(NC1)[C@H]([C@H](O)[C@H]23)[C@@]1(O)C[C@H](OC)[C@H]2C[C@@H]4[C@@H]1[C@H]2O. The van der Waals surface area contributed by atoms with E-state index < -0.39 is 17.8 Å². The van der Waals surface area contributed by atoms with E-state index >= 15 is 0 Å². The van der Waals surface area contributed by atoms with Gasteiger partial charge >= 0.3 is 0 Å². The third-order valence-electron chi connectivity index (χ3n) is 10.5. The molecule has 6 rings (SSSR count). The normalized spacial score (nSPS) is 64.3. The molecule has 5 saturated carbocycles. The maximum Gasteiger partial charge on any atom is 0.0796 e. The third kappa shape index (κ3) is 1.88. The highest BCUT2D eigenvalue weighted by Gasteiger charge is 2.85. The van der Waals surface area contributed by atoms with Crippen molar-refractivity contribution in [2.75, 3.05) is 34.5 Å². The van der Waals surface area contributed by atoms with E-state index in [0.29, 0.717) is 13.0 Å². The van der Waals surface area contributed by atoms with Gasteiger partial charge in [-0.15, -0.1) is 0 Å². The molecule has 7 heteroatoms. The lowest BCUT2D eigenvalue weighted by atomic mass is 9.43. The van der Waals surface area contributed by atoms with Gasteiger partial charge in [0, 0.05) is 74.8 Å². The summed E-state index contributed by atoms with van der Waals surface area (Å²) in [6.45, 7) is 1.40. The Hall–Kier alpha value is -0.280. The molecule has 1 saturated heterocycles. The second kappa shape index (κ2) is 5.94. The van der Waals surface area contributed by atoms with Gasteiger partial charge in [0.05, 0.1) is 36.6 Å². The van der Waals surface area contributed by atoms with Crippen molar-refractivity contribution in [3.05, 3.63) is 0 Å². The molecule has 0 aromatic rings. The number of fused-ring (bicyclic) bond motifs is 2. The van der Waals surface area contributed by atoms with Crippen LogP contribution >= 0.6 is 0 Å². The molecule has 5 aliphatic carbocycles. The zero-order valence-electron chi connectivity index (χ0n) is 17.6. The lowest BCUT2D eigenvalue weighted by Gasteiger charge is -2.66. The van der Waals surface area contributed by atoms with E-state index in [9.17, 15) is 15.3 Å². The van der Waals surface area contributed by atoms with Crippen LogP contribution in [-0.4, -0.2) is 85.9 Å². The van der Waals surface area contributed by atoms with Crippen LogP contribution < -0.4 is 5.32 Å². The van der Waals surface area contributed by atoms with Crippen LogP contribution in [0.15, 0.2) is 0 Å². The van der Waals surface area contributed by atoms with Crippen LogP contribution in [0.1, 0.15) is 25.7 Å². The molecular formula is C22H35NO6. The summed E-state index contributed by atoms with van der Waals surface area (Å²) >= 11 is 0. The highest BCUT2D eigenvalue weighted by molar-refractivity contribution is 5.35. The molecule has 13 atom stereocenters. The van der Waals surface area contributed by atoms with E-state index in [0.717, 1.165) is 25.8 Å². The fraction of sp³-hybridized carbons (Fsp3) is 1.00. The van der Waals surface area contributed by atoms with Gasteiger partial charge in [0.15, 0.2) is 0 Å². The van der Waals surface area contributed by atoms with Crippen molar-refractivity contribution in [3.8, 4) is 0 Å². The summed E-state index contributed by atoms with van der Waals surface area (Å²) < 4.78 is 17.6. The van der Waals surface area contributed by atoms with Gasteiger partial charge in [-0.25, -0.2) is 0 Å². The fourth-order valence-corrected chi connectivity index (χ4v) is 10.1. The van der Waals surface area contributed by atoms with E-state index in [-0.39, 0.29) is 58.7 Å². The second-order valence-corrected chi connectivity index (χ2v) is 10.9. The maximum atomic E-state index is 12.1. The summed E-state index contributed by atoms with van der Waals surface area (Å²) in [6.07, 6.45) is 1.80. The lowest BCUT2D eigenvalue weighted by molar-refractivity contribution is -0.250. The average Bonchev–Trinajstić information content (AvgIpc) is 3.06. The Morgan fingerprint density at radius 2 is 1.86 bits per heavy atom. The van der Waals surface area contributed by atoms with Gasteiger partial charge in [-0.1, -0.05) is 0 Å². The second-order valence-electron chi connectivity index (χ2n) is 10.9. The molecule has 6 fully saturated rings. The number of piperidine rings is 1. The predicted octanol–water partition coefficient (Wildman–Crippen LogP) is -0.230. The van der Waals surface area contributed by atoms with Crippen molar-refractivity contribution in [1.29, 1.82) is 0 Å². The Balaban J connectivity index is 1.58. The first-order chi connectivity index (χ1) is 13.9. The highest BCUT2D eigenvalue weighted by atomic mass is 16.5. The molecule has 1 heterocycles. The van der Waals surface area contributed by atoms with Crippen LogP contribution in [0.2, 0.25) is 0 Å². The molecule has 1 unspecified atom stereocenters. The van der Waals surface area contributed by atoms with Crippen LogP contribution in [0.3, 0.4) is 0 Å². The fourth-order valence-electron chi connectivity index (χ4n) is 10.1. The number of aliphatic hydroxyl groups excluding tert-OH is 2. The summed E-state index contributed by atoms with van der Waals surface area (Å²) in [7, 11) is 5.20. The van der Waals surface area contributed by atoms with Gasteiger partial charge in [0.25, 0.3) is 0 Å². The van der Waals surface area contributed by atoms with E-state index in [2.05, 4.69) is 5.32 Å². The van der Waals surface area contributed by atoms with Crippen molar-refractivity contribution in [2.45, 2.75) is 61.7 Å². The monoisotopic (exact) mass is 409 g/mol. The van der Waals surface area contributed by atoms with Crippen LogP contribution in [0.5, 0.6) is 0 Å². The quantitative estimate of drug-likeness (QED) is 0.509. The van der Waals surface area contributed by atoms with Crippen LogP contribution in [0.4, 0.5) is 0 Å². The van der Waals surface area contributed by atoms with Gasteiger partial charge in [0.2, 0.25) is 0 Å². The first-order valence-electron chi connectivity index (χ1n) is 11.3. The Morgan fingerprint density at radius 1 is 1.07 bits per heavy atom. The van der Waals surface area contributed by atoms with Crippen molar-refractivity contribution >= 4 is 0 Å². The third-order valence-corrected chi connectivity index (χ3v) is 10.5. The molecule has 29 heavy (non-hydrogen) atoms. The Labute approximate surface area is 172 Å². The Kier molecular flexibility index (Phi) is 3.98. The van der Waals surface area contributed by atoms with E-state index in [4.69, 9.17) is 14.2 Å². The standard InChI is InChI=1S/C22H35NO6/c1-27-9-20-5-4-13(29-3)22-11-6-10-12(28-2)7-21(26,14(11)16(10)24)15(17(25)18(20)22)19(22)23-8-20/h10-19,23-26H,4-9H2,1-3H3/t10-,11-,12+,13+,14-,15+,16+,17+,18-,19?,20+,21-,22+/m1/s1. The molecular weight excluding hydrogens is 374 g/mol. The number of hydrogen-bond acceptors (Lipinski definition) is 7. The molecule has 0 amide bonds. The van der Waals surface area contributed by atoms with Crippen molar-refractivity contribution < 1.29 is 29.5 Å². The number of methoxy groups -OCH3 is 3. The number of rotatable bonds is 4. The van der Waals surface area contributed by atoms with E-state index in [1.165, 1.54) is 0 Å². The zero-order valence-corrected chi connectivity index (χ0v) is 17.6. The minimum Gasteiger partial charge on any atom is -0.392 e. The largest absolute Gasteiger partial charge is 0.392 e. The summed E-state index contributed by atoms with van der Waals surface area (Å²) in [5.74, 6) is -0.398. The van der Waals surface area contributed by atoms with Gasteiger partial charge in [-0.05, 0) is 25.2 Å². The van der Waals surface area contributed by atoms with Gasteiger partial charge in [-0.3, -0.25) is 0 Å². The van der Waals surface area contributed by atoms with Crippen molar-refractivity contribution in [3.63, 3.8) is 0 Å². The molecule has 7 bridgehead atoms. The van der Waals surface area contributed by atoms with Crippen molar-refractivity contribution in [1.82, 2.24) is 5.32 Å². The van der Waals surface area contributed by atoms with Crippen molar-refractivity contribution in [2.24, 2.45) is 40.4 Å². The first-order valence-corrected chi connectivity index (χ1v) is 11.3. The van der Waals surface area contributed by atoms with E-state index in [1.807, 2.05) is 0 Å². The summed E-state index contributed by atoms with van der Waals surface area (Å²) in [5, 5.41) is 39.1. The number of hydrogen-bond donors (Lipinski definition) is 4. The lowest BCUT2D eigenvalue weighted by Crippen LogP contribution is -2.76. The minimum atomic E-state index is -1.13. The van der Waals surface area contributed by atoms with Crippen LogP contribution in [0.25, 0.3) is 0 Å². The molecule has 7 nitrogen and oxygen atoms in total. The Bertz CT molecular complexity index is 707. The molecule has 1 spiro atoms. The minimum absolute atomic E-state index is 0.00876. The molecule has 6 aliphatic rings.